The molecule has 6 heteroatoms. The topological polar surface area (TPSA) is 42.0 Å². The molecule has 0 fully saturated rings. The van der Waals surface area contributed by atoms with Gasteiger partial charge in [-0.05, 0) is 28.1 Å². The van der Waals surface area contributed by atoms with Gasteiger partial charge >= 0.3 is 0 Å². The molecule has 3 nitrogen and oxygen atoms in total. The van der Waals surface area contributed by atoms with E-state index in [-0.39, 0.29) is 5.91 Å². The lowest BCUT2D eigenvalue weighted by Crippen LogP contribution is -2.23. The molecule has 0 aliphatic rings. The van der Waals surface area contributed by atoms with E-state index in [9.17, 15) is 4.79 Å². The molecule has 1 N–H and O–H groups in total. The van der Waals surface area contributed by atoms with E-state index in [4.69, 9.17) is 11.6 Å². The Balaban J connectivity index is 2.07. The molecule has 1 amide bonds. The number of benzene rings is 1. The summed E-state index contributed by atoms with van der Waals surface area (Å²) in [5.41, 5.74) is 0.456. The van der Waals surface area contributed by atoms with Crippen LogP contribution in [0.15, 0.2) is 34.2 Å². The second-order valence-electron chi connectivity index (χ2n) is 3.21. The van der Waals surface area contributed by atoms with E-state index in [0.717, 1.165) is 5.01 Å². The number of rotatable bonds is 3. The van der Waals surface area contributed by atoms with Crippen LogP contribution in [0.5, 0.6) is 0 Å². The summed E-state index contributed by atoms with van der Waals surface area (Å²) in [6.45, 7) is 0.416. The standard InChI is InChI=1S/C11H8BrClN2OS/c12-8-3-1-2-7(10(8)13)11(16)15-6-9-14-4-5-17-9/h1-5H,6H2,(H,15,16). The van der Waals surface area contributed by atoms with Crippen LogP contribution in [0.25, 0.3) is 0 Å². The summed E-state index contributed by atoms with van der Waals surface area (Å²) >= 11 is 10.8. The third kappa shape index (κ3) is 3.06. The van der Waals surface area contributed by atoms with Crippen molar-refractivity contribution in [2.24, 2.45) is 0 Å². The Hall–Kier alpha value is -0.910. The van der Waals surface area contributed by atoms with E-state index in [1.54, 1.807) is 24.4 Å². The summed E-state index contributed by atoms with van der Waals surface area (Å²) in [5.74, 6) is -0.202. The molecule has 1 aromatic carbocycles. The predicted octanol–water partition coefficient (Wildman–Crippen LogP) is 3.49. The van der Waals surface area contributed by atoms with E-state index in [1.165, 1.54) is 11.3 Å². The van der Waals surface area contributed by atoms with Gasteiger partial charge in [0.2, 0.25) is 0 Å². The van der Waals surface area contributed by atoms with Crippen LogP contribution in [0.2, 0.25) is 5.02 Å². The third-order valence-corrected chi connectivity index (χ3v) is 4.16. The van der Waals surface area contributed by atoms with E-state index in [2.05, 4.69) is 26.2 Å². The maximum Gasteiger partial charge on any atom is 0.253 e. The highest BCUT2D eigenvalue weighted by atomic mass is 79.9. The van der Waals surface area contributed by atoms with Crippen molar-refractivity contribution in [3.05, 3.63) is 49.8 Å². The normalized spacial score (nSPS) is 10.2. The smallest absolute Gasteiger partial charge is 0.253 e. The van der Waals surface area contributed by atoms with Gasteiger partial charge in [-0.1, -0.05) is 17.7 Å². The number of nitrogens with one attached hydrogen (secondary N) is 1. The van der Waals surface area contributed by atoms with E-state index < -0.39 is 0 Å². The highest BCUT2D eigenvalue weighted by Crippen LogP contribution is 2.25. The first-order valence-corrected chi connectivity index (χ1v) is 6.84. The molecule has 0 bridgehead atoms. The lowest BCUT2D eigenvalue weighted by molar-refractivity contribution is 0.0951. The number of halogens is 2. The first-order chi connectivity index (χ1) is 8.18. The molecule has 0 atom stereocenters. The average Bonchev–Trinajstić information content (AvgIpc) is 2.82. The summed E-state index contributed by atoms with van der Waals surface area (Å²) in [6.07, 6.45) is 1.71. The molecule has 2 aromatic rings. The minimum Gasteiger partial charge on any atom is -0.345 e. The quantitative estimate of drug-likeness (QED) is 0.935. The highest BCUT2D eigenvalue weighted by Gasteiger charge is 2.12. The largest absolute Gasteiger partial charge is 0.345 e. The minimum atomic E-state index is -0.202. The third-order valence-electron chi connectivity index (χ3n) is 2.08. The molecule has 0 radical (unpaired) electrons. The van der Waals surface area contributed by atoms with Gasteiger partial charge in [0.25, 0.3) is 5.91 Å². The van der Waals surface area contributed by atoms with Crippen molar-refractivity contribution < 1.29 is 4.79 Å². The second kappa shape index (κ2) is 5.62. The van der Waals surface area contributed by atoms with Crippen LogP contribution in [0.3, 0.4) is 0 Å². The molecule has 1 heterocycles. The Morgan fingerprint density at radius 1 is 1.53 bits per heavy atom. The second-order valence-corrected chi connectivity index (χ2v) is 5.42. The number of aromatic nitrogens is 1. The Bertz CT molecular complexity index is 530. The Kier molecular flexibility index (Phi) is 4.15. The summed E-state index contributed by atoms with van der Waals surface area (Å²) < 4.78 is 0.709. The van der Waals surface area contributed by atoms with Gasteiger partial charge in [0, 0.05) is 16.0 Å². The van der Waals surface area contributed by atoms with Crippen molar-refractivity contribution in [1.29, 1.82) is 0 Å². The van der Waals surface area contributed by atoms with Crippen molar-refractivity contribution in [2.75, 3.05) is 0 Å². The number of hydrogen-bond acceptors (Lipinski definition) is 3. The Morgan fingerprint density at radius 3 is 3.06 bits per heavy atom. The molecular formula is C11H8BrClN2OS. The average molecular weight is 332 g/mol. The summed E-state index contributed by atoms with van der Waals surface area (Å²) in [5, 5.41) is 5.93. The first kappa shape index (κ1) is 12.5. The maximum atomic E-state index is 11.9. The van der Waals surface area contributed by atoms with E-state index >= 15 is 0 Å². The SMILES string of the molecule is O=C(NCc1nccs1)c1cccc(Br)c1Cl. The van der Waals surface area contributed by atoms with Crippen LogP contribution in [0, 0.1) is 0 Å². The van der Waals surface area contributed by atoms with Crippen molar-refractivity contribution >= 4 is 44.8 Å². The fraction of sp³-hybridized carbons (Fsp3) is 0.0909. The molecule has 0 aliphatic heterocycles. The van der Waals surface area contributed by atoms with Crippen molar-refractivity contribution in [3.8, 4) is 0 Å². The lowest BCUT2D eigenvalue weighted by Gasteiger charge is -2.06. The summed E-state index contributed by atoms with van der Waals surface area (Å²) in [6, 6.07) is 5.25. The molecule has 1 aromatic heterocycles. The summed E-state index contributed by atoms with van der Waals surface area (Å²) in [4.78, 5) is 16.0. The van der Waals surface area contributed by atoms with Gasteiger partial charge in [0.05, 0.1) is 17.1 Å². The first-order valence-electron chi connectivity index (χ1n) is 4.79. The van der Waals surface area contributed by atoms with Gasteiger partial charge < -0.3 is 5.32 Å². The fourth-order valence-electron chi connectivity index (χ4n) is 1.27. The fourth-order valence-corrected chi connectivity index (χ4v) is 2.40. The van der Waals surface area contributed by atoms with Gasteiger partial charge in [-0.3, -0.25) is 4.79 Å². The van der Waals surface area contributed by atoms with E-state index in [1.807, 2.05) is 5.38 Å². The van der Waals surface area contributed by atoms with Crippen LogP contribution >= 0.6 is 38.9 Å². The van der Waals surface area contributed by atoms with E-state index in [0.29, 0.717) is 21.6 Å². The van der Waals surface area contributed by atoms with Crippen LogP contribution in [-0.4, -0.2) is 10.9 Å². The summed E-state index contributed by atoms with van der Waals surface area (Å²) in [7, 11) is 0. The Labute approximate surface area is 116 Å². The van der Waals surface area contributed by atoms with Crippen LogP contribution in [0.1, 0.15) is 15.4 Å². The van der Waals surface area contributed by atoms with Gasteiger partial charge in [-0.2, -0.15) is 0 Å². The number of hydrogen-bond donors (Lipinski definition) is 1. The van der Waals surface area contributed by atoms with Crippen molar-refractivity contribution in [3.63, 3.8) is 0 Å². The minimum absolute atomic E-state index is 0.202. The zero-order valence-corrected chi connectivity index (χ0v) is 11.8. The molecule has 0 aliphatic carbocycles. The number of thiazole rings is 1. The molecule has 0 saturated heterocycles. The molecule has 88 valence electrons. The van der Waals surface area contributed by atoms with Crippen molar-refractivity contribution in [2.45, 2.75) is 6.54 Å². The van der Waals surface area contributed by atoms with Gasteiger partial charge in [0.1, 0.15) is 5.01 Å². The van der Waals surface area contributed by atoms with Crippen LogP contribution in [-0.2, 0) is 6.54 Å². The number of amides is 1. The van der Waals surface area contributed by atoms with Gasteiger partial charge in [0.15, 0.2) is 0 Å². The molecule has 0 saturated carbocycles. The molecule has 0 unspecified atom stereocenters. The molecular weight excluding hydrogens is 324 g/mol. The molecule has 0 spiro atoms. The maximum absolute atomic E-state index is 11.9. The lowest BCUT2D eigenvalue weighted by atomic mass is 10.2. The van der Waals surface area contributed by atoms with Crippen molar-refractivity contribution in [1.82, 2.24) is 10.3 Å². The zero-order chi connectivity index (χ0) is 12.3. The number of carbonyl (C=O) groups excluding carboxylic acids is 1. The number of nitrogens with zero attached hydrogens (tertiary/aromatic N) is 1. The zero-order valence-electron chi connectivity index (χ0n) is 8.61. The molecule has 17 heavy (non-hydrogen) atoms. The van der Waals surface area contributed by atoms with Gasteiger partial charge in [-0.25, -0.2) is 4.98 Å². The predicted molar refractivity (Wildman–Crippen MR) is 72.4 cm³/mol. The Morgan fingerprint density at radius 2 is 2.35 bits per heavy atom. The van der Waals surface area contributed by atoms with Crippen LogP contribution in [0.4, 0.5) is 0 Å². The highest BCUT2D eigenvalue weighted by molar-refractivity contribution is 9.10. The monoisotopic (exact) mass is 330 g/mol. The van der Waals surface area contributed by atoms with Crippen LogP contribution < -0.4 is 5.32 Å². The number of carbonyl (C=O) groups is 1. The van der Waals surface area contributed by atoms with Gasteiger partial charge in [-0.15, -0.1) is 11.3 Å². The molecule has 2 rings (SSSR count).